The lowest BCUT2D eigenvalue weighted by Gasteiger charge is -2.17. The quantitative estimate of drug-likeness (QED) is 0.355. The topological polar surface area (TPSA) is 69.7 Å². The summed E-state index contributed by atoms with van der Waals surface area (Å²) in [5.41, 5.74) is -7.94. The molecule has 0 N–H and O–H groups in total. The Kier molecular flexibility index (Phi) is 5.06. The Bertz CT molecular complexity index is 652. The Morgan fingerprint density at radius 3 is 2.32 bits per heavy atom. The molecule has 0 bridgehead atoms. The number of esters is 1. The van der Waals surface area contributed by atoms with Gasteiger partial charge < -0.3 is 8.92 Å². The number of alkyl halides is 4. The lowest BCUT2D eigenvalue weighted by Crippen LogP contribution is -2.33. The predicted molar refractivity (Wildman–Crippen MR) is 67.3 cm³/mol. The van der Waals surface area contributed by atoms with Gasteiger partial charge >= 0.3 is 21.6 Å². The molecule has 22 heavy (non-hydrogen) atoms. The molecule has 1 unspecified atom stereocenters. The third-order valence-electron chi connectivity index (χ3n) is 2.53. The number of carbonyl (C=O) groups is 1. The van der Waals surface area contributed by atoms with E-state index < -0.39 is 39.4 Å². The molecule has 1 rings (SSSR count). The lowest BCUT2D eigenvalue weighted by atomic mass is 9.98. The molecule has 10 heteroatoms. The maximum atomic E-state index is 14.0. The van der Waals surface area contributed by atoms with Crippen LogP contribution >= 0.6 is 0 Å². The van der Waals surface area contributed by atoms with Gasteiger partial charge in [-0.15, -0.1) is 0 Å². The van der Waals surface area contributed by atoms with Crippen molar-refractivity contribution in [1.82, 2.24) is 0 Å². The van der Waals surface area contributed by atoms with Crippen molar-refractivity contribution in [1.29, 1.82) is 0 Å². The summed E-state index contributed by atoms with van der Waals surface area (Å²) >= 11 is 0. The van der Waals surface area contributed by atoms with Crippen molar-refractivity contribution in [3.8, 4) is 5.75 Å². The first kappa shape index (κ1) is 18.2. The van der Waals surface area contributed by atoms with Crippen LogP contribution in [-0.4, -0.2) is 32.7 Å². The van der Waals surface area contributed by atoms with E-state index in [1.54, 1.807) is 0 Å². The summed E-state index contributed by atoms with van der Waals surface area (Å²) in [7, 11) is -4.84. The van der Waals surface area contributed by atoms with Gasteiger partial charge in [-0.05, 0) is 24.6 Å². The number of hydrogen-bond donors (Lipinski definition) is 0. The fraction of sp³-hybridized carbons (Fsp3) is 0.417. The largest absolute Gasteiger partial charge is 0.534 e. The van der Waals surface area contributed by atoms with Crippen molar-refractivity contribution in [2.75, 3.05) is 7.11 Å². The maximum Gasteiger partial charge on any atom is 0.534 e. The van der Waals surface area contributed by atoms with Gasteiger partial charge in [-0.25, -0.2) is 9.18 Å². The fourth-order valence-electron chi connectivity index (χ4n) is 1.55. The molecule has 0 saturated carbocycles. The van der Waals surface area contributed by atoms with Crippen molar-refractivity contribution < 1.29 is 39.7 Å². The van der Waals surface area contributed by atoms with Crippen LogP contribution in [0.5, 0.6) is 5.75 Å². The normalized spacial score (nSPS) is 15.0. The minimum absolute atomic E-state index is 0.0604. The van der Waals surface area contributed by atoms with Crippen LogP contribution in [0.15, 0.2) is 24.3 Å². The van der Waals surface area contributed by atoms with Gasteiger partial charge in [0.1, 0.15) is 5.75 Å². The zero-order valence-corrected chi connectivity index (χ0v) is 12.3. The van der Waals surface area contributed by atoms with Gasteiger partial charge in [-0.2, -0.15) is 21.6 Å². The number of hydrogen-bond acceptors (Lipinski definition) is 5. The average Bonchev–Trinajstić information content (AvgIpc) is 2.35. The Morgan fingerprint density at radius 2 is 1.82 bits per heavy atom. The third kappa shape index (κ3) is 4.33. The molecule has 0 fully saturated rings. The molecule has 0 heterocycles. The van der Waals surface area contributed by atoms with Crippen LogP contribution in [0.2, 0.25) is 0 Å². The highest BCUT2D eigenvalue weighted by Gasteiger charge is 2.48. The SMILES string of the molecule is COC(=O)C(C)(F)Cc1cccc(OS(=O)(=O)C(F)(F)F)c1. The minimum atomic E-state index is -5.82. The second-order valence-electron chi connectivity index (χ2n) is 4.50. The fourth-order valence-corrected chi connectivity index (χ4v) is 2.00. The Labute approximate surface area is 124 Å². The van der Waals surface area contributed by atoms with E-state index in [9.17, 15) is 30.8 Å². The van der Waals surface area contributed by atoms with E-state index in [-0.39, 0.29) is 5.56 Å². The Morgan fingerprint density at radius 1 is 1.23 bits per heavy atom. The second kappa shape index (κ2) is 6.11. The molecule has 1 atom stereocenters. The van der Waals surface area contributed by atoms with Crippen LogP contribution in [0, 0.1) is 0 Å². The molecule has 0 aliphatic heterocycles. The summed E-state index contributed by atoms with van der Waals surface area (Å²) in [6, 6.07) is 4.32. The molecule has 0 amide bonds. The predicted octanol–water partition coefficient (Wildman–Crippen LogP) is 2.36. The number of carbonyl (C=O) groups excluding carboxylic acids is 1. The van der Waals surface area contributed by atoms with Crippen LogP contribution in [-0.2, 0) is 26.1 Å². The smallest absolute Gasteiger partial charge is 0.467 e. The number of halogens is 4. The van der Waals surface area contributed by atoms with Crippen LogP contribution < -0.4 is 4.18 Å². The maximum absolute atomic E-state index is 14.0. The van der Waals surface area contributed by atoms with E-state index in [1.165, 1.54) is 12.1 Å². The Hall–Kier alpha value is -1.84. The molecule has 0 aliphatic rings. The van der Waals surface area contributed by atoms with Gasteiger partial charge in [-0.1, -0.05) is 12.1 Å². The van der Waals surface area contributed by atoms with Crippen molar-refractivity contribution in [2.45, 2.75) is 24.5 Å². The van der Waals surface area contributed by atoms with Gasteiger partial charge in [0.2, 0.25) is 5.67 Å². The molecule has 0 spiro atoms. The van der Waals surface area contributed by atoms with Crippen molar-refractivity contribution in [2.24, 2.45) is 0 Å². The third-order valence-corrected chi connectivity index (χ3v) is 3.51. The zero-order chi connectivity index (χ0) is 17.2. The highest BCUT2D eigenvalue weighted by Crippen LogP contribution is 2.28. The molecule has 1 aromatic rings. The summed E-state index contributed by atoms with van der Waals surface area (Å²) < 4.78 is 80.6. The van der Waals surface area contributed by atoms with Crippen molar-refractivity contribution in [3.63, 3.8) is 0 Å². The zero-order valence-electron chi connectivity index (χ0n) is 11.5. The van der Waals surface area contributed by atoms with Gasteiger partial charge in [0.05, 0.1) is 7.11 Å². The van der Waals surface area contributed by atoms with Gasteiger partial charge in [0, 0.05) is 6.42 Å². The van der Waals surface area contributed by atoms with Crippen LogP contribution in [0.25, 0.3) is 0 Å². The minimum Gasteiger partial charge on any atom is -0.467 e. The highest BCUT2D eigenvalue weighted by atomic mass is 32.2. The first-order chi connectivity index (χ1) is 9.89. The van der Waals surface area contributed by atoms with Crippen LogP contribution in [0.3, 0.4) is 0 Å². The molecule has 0 aliphatic carbocycles. The first-order valence-electron chi connectivity index (χ1n) is 5.76. The number of methoxy groups -OCH3 is 1. The second-order valence-corrected chi connectivity index (χ2v) is 6.03. The standard InChI is InChI=1S/C12H12F4O5S/c1-11(13,10(17)20-2)7-8-4-3-5-9(6-8)21-22(18,19)12(14,15)16/h3-6H,7H2,1-2H3. The van der Waals surface area contributed by atoms with Gasteiger partial charge in [0.25, 0.3) is 0 Å². The summed E-state index contributed by atoms with van der Waals surface area (Å²) in [6.45, 7) is 0.929. The van der Waals surface area contributed by atoms with E-state index in [0.29, 0.717) is 0 Å². The van der Waals surface area contributed by atoms with E-state index in [1.807, 2.05) is 0 Å². The summed E-state index contributed by atoms with van der Waals surface area (Å²) in [6.07, 6.45) is -0.525. The summed E-state index contributed by atoms with van der Waals surface area (Å²) in [5.74, 6) is -1.81. The van der Waals surface area contributed by atoms with Gasteiger partial charge in [0.15, 0.2) is 0 Å². The average molecular weight is 344 g/mol. The first-order valence-corrected chi connectivity index (χ1v) is 7.17. The van der Waals surface area contributed by atoms with E-state index >= 15 is 0 Å². The molecule has 5 nitrogen and oxygen atoms in total. The van der Waals surface area contributed by atoms with Crippen molar-refractivity contribution >= 4 is 16.1 Å². The molecule has 124 valence electrons. The summed E-state index contributed by atoms with van der Waals surface area (Å²) in [4.78, 5) is 11.2. The van der Waals surface area contributed by atoms with E-state index in [2.05, 4.69) is 8.92 Å². The highest BCUT2D eigenvalue weighted by molar-refractivity contribution is 7.88. The molecular weight excluding hydrogens is 332 g/mol. The Balaban J connectivity index is 2.99. The van der Waals surface area contributed by atoms with Crippen LogP contribution in [0.4, 0.5) is 17.6 Å². The van der Waals surface area contributed by atoms with E-state index in [4.69, 9.17) is 0 Å². The lowest BCUT2D eigenvalue weighted by molar-refractivity contribution is -0.153. The number of rotatable bonds is 5. The van der Waals surface area contributed by atoms with Gasteiger partial charge in [-0.3, -0.25) is 0 Å². The number of ether oxygens (including phenoxy) is 1. The molecular formula is C12H12F4O5S. The number of benzene rings is 1. The molecule has 0 saturated heterocycles. The molecule has 0 radical (unpaired) electrons. The molecule has 0 aromatic heterocycles. The monoisotopic (exact) mass is 344 g/mol. The van der Waals surface area contributed by atoms with E-state index in [0.717, 1.165) is 26.2 Å². The summed E-state index contributed by atoms with van der Waals surface area (Å²) in [5, 5.41) is 0. The van der Waals surface area contributed by atoms with Crippen LogP contribution in [0.1, 0.15) is 12.5 Å². The molecule has 1 aromatic carbocycles. The van der Waals surface area contributed by atoms with Crippen molar-refractivity contribution in [3.05, 3.63) is 29.8 Å².